The molecule has 0 aliphatic carbocycles. The van der Waals surface area contributed by atoms with E-state index in [9.17, 15) is 5.26 Å². The molecule has 0 atom stereocenters. The summed E-state index contributed by atoms with van der Waals surface area (Å²) in [7, 11) is 0. The van der Waals surface area contributed by atoms with E-state index in [1.807, 2.05) is 42.5 Å². The van der Waals surface area contributed by atoms with Gasteiger partial charge in [-0.2, -0.15) is 5.26 Å². The number of rotatable bonds is 4. The van der Waals surface area contributed by atoms with Gasteiger partial charge in [0.1, 0.15) is 6.07 Å². The molecule has 0 fully saturated rings. The van der Waals surface area contributed by atoms with Crippen LogP contribution in [-0.2, 0) is 0 Å². The van der Waals surface area contributed by atoms with Crippen LogP contribution in [0.15, 0.2) is 194 Å². The topological polar surface area (TPSA) is 47.9 Å². The molecule has 0 N–H and O–H groups in total. The van der Waals surface area contributed by atoms with Crippen molar-refractivity contribution < 1.29 is 0 Å². The van der Waals surface area contributed by atoms with Crippen molar-refractivity contribution in [2.24, 2.45) is 0 Å². The van der Waals surface area contributed by atoms with E-state index >= 15 is 0 Å². The van der Waals surface area contributed by atoms with Crippen LogP contribution in [0.4, 0.5) is 5.69 Å². The van der Waals surface area contributed by atoms with E-state index in [-0.39, 0.29) is 0 Å². The molecule has 13 rings (SSSR count). The first-order chi connectivity index (χ1) is 30.7. The maximum atomic E-state index is 11.1. The Hall–Kier alpha value is -8.84. The highest BCUT2D eigenvalue weighted by molar-refractivity contribution is 6.15. The molecule has 0 spiro atoms. The second-order valence-corrected chi connectivity index (χ2v) is 15.9. The Balaban J connectivity index is 1.18. The molecule has 62 heavy (non-hydrogen) atoms. The van der Waals surface area contributed by atoms with E-state index in [1.165, 1.54) is 21.5 Å². The van der Waals surface area contributed by atoms with Crippen LogP contribution in [0, 0.1) is 17.9 Å². The number of hydrogen-bond acceptors (Lipinski definition) is 1. The minimum Gasteiger partial charge on any atom is -0.319 e. The number of nitrogens with zero attached hydrogens (tertiary/aromatic N) is 6. The highest BCUT2D eigenvalue weighted by atomic mass is 15.1. The van der Waals surface area contributed by atoms with E-state index in [4.69, 9.17) is 6.57 Å². The number of nitriles is 1. The molecule has 0 bridgehead atoms. The molecule has 4 heterocycles. The second kappa shape index (κ2) is 12.8. The number of para-hydroxylation sites is 7. The Morgan fingerprint density at radius 3 is 0.984 bits per heavy atom. The van der Waals surface area contributed by atoms with E-state index in [2.05, 4.69) is 181 Å². The van der Waals surface area contributed by atoms with Crippen molar-refractivity contribution in [1.29, 1.82) is 5.26 Å². The van der Waals surface area contributed by atoms with Crippen molar-refractivity contribution >= 4 is 92.9 Å². The van der Waals surface area contributed by atoms with Crippen LogP contribution in [0.2, 0.25) is 0 Å². The Morgan fingerprint density at radius 1 is 0.323 bits per heavy atom. The first kappa shape index (κ1) is 34.1. The third-order valence-corrected chi connectivity index (χ3v) is 12.8. The third kappa shape index (κ3) is 4.55. The lowest BCUT2D eigenvalue weighted by Crippen LogP contribution is -2.05. The van der Waals surface area contributed by atoms with Crippen LogP contribution < -0.4 is 0 Å². The highest BCUT2D eigenvalue weighted by Gasteiger charge is 2.25. The Kier molecular flexibility index (Phi) is 7.05. The predicted molar refractivity (Wildman–Crippen MR) is 255 cm³/mol. The Morgan fingerprint density at radius 2 is 0.629 bits per heavy atom. The Labute approximate surface area is 355 Å². The normalized spacial score (nSPS) is 11.8. The zero-order chi connectivity index (χ0) is 41.1. The molecule has 9 aromatic carbocycles. The third-order valence-electron chi connectivity index (χ3n) is 12.8. The summed E-state index contributed by atoms with van der Waals surface area (Å²) in [6.07, 6.45) is 0. The molecule has 6 heteroatoms. The minimum absolute atomic E-state index is 0.459. The fourth-order valence-corrected chi connectivity index (χ4v) is 10.3. The highest BCUT2D eigenvalue weighted by Crippen LogP contribution is 2.44. The van der Waals surface area contributed by atoms with Gasteiger partial charge in [-0.3, -0.25) is 0 Å². The van der Waals surface area contributed by atoms with E-state index in [0.29, 0.717) is 22.6 Å². The number of benzene rings is 9. The molecule has 0 unspecified atom stereocenters. The lowest BCUT2D eigenvalue weighted by molar-refractivity contribution is 1.09. The van der Waals surface area contributed by atoms with Crippen LogP contribution in [0.25, 0.3) is 115 Å². The summed E-state index contributed by atoms with van der Waals surface area (Å²) in [6.45, 7) is 8.61. The SMILES string of the molecule is [C-]#[N+]c1cc(-n2c3ccccc3c3cc(-n4c5ccccc5c5ccccc54)c(-n4c5ccccc5c5ccccc54)cc32)c(C#N)cc1-n1c2ccccc2c2ccccc21. The summed E-state index contributed by atoms with van der Waals surface area (Å²) in [5, 5.41) is 20.1. The summed E-state index contributed by atoms with van der Waals surface area (Å²) < 4.78 is 9.13. The second-order valence-electron chi connectivity index (χ2n) is 15.9. The first-order valence-electron chi connectivity index (χ1n) is 20.7. The zero-order valence-corrected chi connectivity index (χ0v) is 33.2. The van der Waals surface area contributed by atoms with Gasteiger partial charge < -0.3 is 18.3 Å². The number of fused-ring (bicyclic) bond motifs is 12. The number of hydrogen-bond donors (Lipinski definition) is 0. The van der Waals surface area contributed by atoms with Gasteiger partial charge in [0.05, 0.1) is 79.0 Å². The molecule has 0 aliphatic rings. The largest absolute Gasteiger partial charge is 0.319 e. The zero-order valence-electron chi connectivity index (χ0n) is 33.2. The van der Waals surface area contributed by atoms with Gasteiger partial charge in [0, 0.05) is 43.1 Å². The smallest absolute Gasteiger partial charge is 0.212 e. The summed E-state index contributed by atoms with van der Waals surface area (Å²) >= 11 is 0. The van der Waals surface area contributed by atoms with E-state index in [1.54, 1.807) is 0 Å². The lowest BCUT2D eigenvalue weighted by atomic mass is 10.1. The fraction of sp³-hybridized carbons (Fsp3) is 0. The fourth-order valence-electron chi connectivity index (χ4n) is 10.3. The first-order valence-corrected chi connectivity index (χ1v) is 20.7. The standard InChI is InChI=1S/C56H32N6/c1-58-44-32-52(35(34-57)30-54(44)59-45-23-9-2-16-36(45)37-17-3-10-24-46(37)59)62-51-29-15-8-22-42(51)43-31-55(60-47-25-11-4-18-38(47)39-19-5-12-26-48(39)60)56(33-53(43)62)61-49-27-13-6-20-40(49)41-21-7-14-28-50(41)61/h2-33H. The molecule has 6 nitrogen and oxygen atoms in total. The van der Waals surface area contributed by atoms with E-state index < -0.39 is 0 Å². The summed E-state index contributed by atoms with van der Waals surface area (Å²) in [4.78, 5) is 4.18. The molecular formula is C56H32N6. The van der Waals surface area contributed by atoms with Crippen molar-refractivity contribution in [1.82, 2.24) is 18.3 Å². The van der Waals surface area contributed by atoms with Crippen LogP contribution in [0.5, 0.6) is 0 Å². The van der Waals surface area contributed by atoms with Gasteiger partial charge in [-0.25, -0.2) is 4.85 Å². The molecular weight excluding hydrogens is 757 g/mol. The molecule has 4 aromatic heterocycles. The molecule has 0 amide bonds. The summed E-state index contributed by atoms with van der Waals surface area (Å²) in [5.74, 6) is 0. The summed E-state index contributed by atoms with van der Waals surface area (Å²) in [5.41, 5.74) is 12.6. The average molecular weight is 789 g/mol. The predicted octanol–water partition coefficient (Wildman–Crippen LogP) is 14.5. The molecule has 13 aromatic rings. The Bertz CT molecular complexity index is 3980. The molecule has 286 valence electrons. The molecule has 0 saturated heterocycles. The van der Waals surface area contributed by atoms with Gasteiger partial charge in [-0.1, -0.05) is 127 Å². The van der Waals surface area contributed by atoms with Crippen molar-refractivity contribution in [3.8, 4) is 28.8 Å². The summed E-state index contributed by atoms with van der Waals surface area (Å²) in [6, 6.07) is 70.5. The average Bonchev–Trinajstić information content (AvgIpc) is 4.05. The minimum atomic E-state index is 0.459. The van der Waals surface area contributed by atoms with Crippen molar-refractivity contribution in [2.75, 3.05) is 0 Å². The van der Waals surface area contributed by atoms with Crippen molar-refractivity contribution in [3.05, 3.63) is 211 Å². The van der Waals surface area contributed by atoms with Crippen LogP contribution in [0.1, 0.15) is 5.56 Å². The van der Waals surface area contributed by atoms with Crippen LogP contribution >= 0.6 is 0 Å². The van der Waals surface area contributed by atoms with Gasteiger partial charge in [0.15, 0.2) is 0 Å². The maximum Gasteiger partial charge on any atom is 0.212 e. The monoisotopic (exact) mass is 788 g/mol. The lowest BCUT2D eigenvalue weighted by Gasteiger charge is -2.19. The number of aromatic nitrogens is 4. The van der Waals surface area contributed by atoms with Gasteiger partial charge in [0.25, 0.3) is 0 Å². The molecule has 0 saturated carbocycles. The van der Waals surface area contributed by atoms with E-state index in [0.717, 1.165) is 77.1 Å². The molecule has 0 radical (unpaired) electrons. The van der Waals surface area contributed by atoms with Crippen LogP contribution in [0.3, 0.4) is 0 Å². The van der Waals surface area contributed by atoms with Crippen molar-refractivity contribution in [3.63, 3.8) is 0 Å². The van der Waals surface area contributed by atoms with Gasteiger partial charge in [-0.05, 0) is 66.7 Å². The van der Waals surface area contributed by atoms with Gasteiger partial charge in [0.2, 0.25) is 5.69 Å². The van der Waals surface area contributed by atoms with Crippen molar-refractivity contribution in [2.45, 2.75) is 0 Å². The maximum absolute atomic E-state index is 11.1. The van der Waals surface area contributed by atoms with Gasteiger partial charge in [-0.15, -0.1) is 0 Å². The van der Waals surface area contributed by atoms with Crippen LogP contribution in [-0.4, -0.2) is 18.3 Å². The van der Waals surface area contributed by atoms with Gasteiger partial charge >= 0.3 is 0 Å². The molecule has 0 aliphatic heterocycles. The quantitative estimate of drug-likeness (QED) is 0.164.